The molecule has 2 amide bonds. The SMILES string of the molecule is CC(=O)OC1CCC(=O)N1C(C)=O. The lowest BCUT2D eigenvalue weighted by atomic mass is 10.3. The molecule has 72 valence electrons. The van der Waals surface area contributed by atoms with Gasteiger partial charge in [0.2, 0.25) is 11.8 Å². The Morgan fingerprint density at radius 1 is 1.46 bits per heavy atom. The molecule has 1 aliphatic rings. The highest BCUT2D eigenvalue weighted by Gasteiger charge is 2.35. The van der Waals surface area contributed by atoms with Gasteiger partial charge in [0.15, 0.2) is 6.23 Å². The molecule has 0 radical (unpaired) electrons. The molecule has 0 saturated carbocycles. The minimum absolute atomic E-state index is 0.261. The zero-order valence-electron chi connectivity index (χ0n) is 7.57. The maximum Gasteiger partial charge on any atom is 0.304 e. The van der Waals surface area contributed by atoms with Crippen molar-refractivity contribution in [3.05, 3.63) is 0 Å². The molecule has 1 aliphatic heterocycles. The molecule has 1 unspecified atom stereocenters. The second-order valence-corrected chi connectivity index (χ2v) is 2.89. The fourth-order valence-electron chi connectivity index (χ4n) is 1.34. The fraction of sp³-hybridized carbons (Fsp3) is 0.625. The highest BCUT2D eigenvalue weighted by Crippen LogP contribution is 2.19. The summed E-state index contributed by atoms with van der Waals surface area (Å²) in [4.78, 5) is 33.7. The predicted molar refractivity (Wildman–Crippen MR) is 42.3 cm³/mol. The van der Waals surface area contributed by atoms with E-state index in [-0.39, 0.29) is 18.2 Å². The molecule has 0 N–H and O–H groups in total. The highest BCUT2D eigenvalue weighted by molar-refractivity contribution is 5.96. The number of rotatable bonds is 1. The third-order valence-electron chi connectivity index (χ3n) is 1.80. The summed E-state index contributed by atoms with van der Waals surface area (Å²) in [5, 5.41) is 0. The van der Waals surface area contributed by atoms with Crippen LogP contribution in [-0.2, 0) is 19.1 Å². The molecule has 0 spiro atoms. The van der Waals surface area contributed by atoms with Crippen LogP contribution in [0.2, 0.25) is 0 Å². The van der Waals surface area contributed by atoms with E-state index in [9.17, 15) is 14.4 Å². The van der Waals surface area contributed by atoms with E-state index in [1.165, 1.54) is 13.8 Å². The average molecular weight is 185 g/mol. The molecule has 1 rings (SSSR count). The Morgan fingerprint density at radius 2 is 2.08 bits per heavy atom. The number of likely N-dealkylation sites (tertiary alicyclic amines) is 1. The van der Waals surface area contributed by atoms with Crippen LogP contribution < -0.4 is 0 Å². The van der Waals surface area contributed by atoms with Crippen molar-refractivity contribution in [1.82, 2.24) is 4.90 Å². The molecular formula is C8H11NO4. The lowest BCUT2D eigenvalue weighted by Gasteiger charge is -2.20. The standard InChI is InChI=1S/C8H11NO4/c1-5(10)9-7(12)3-4-8(9)13-6(2)11/h8H,3-4H2,1-2H3. The van der Waals surface area contributed by atoms with Crippen molar-refractivity contribution < 1.29 is 19.1 Å². The van der Waals surface area contributed by atoms with Gasteiger partial charge in [0.1, 0.15) is 0 Å². The zero-order valence-corrected chi connectivity index (χ0v) is 7.57. The van der Waals surface area contributed by atoms with Gasteiger partial charge in [-0.3, -0.25) is 14.4 Å². The second-order valence-electron chi connectivity index (χ2n) is 2.89. The number of nitrogens with zero attached hydrogens (tertiary/aromatic N) is 1. The van der Waals surface area contributed by atoms with Crippen LogP contribution in [0.1, 0.15) is 26.7 Å². The Hall–Kier alpha value is -1.39. The van der Waals surface area contributed by atoms with Crippen molar-refractivity contribution in [2.24, 2.45) is 0 Å². The van der Waals surface area contributed by atoms with Crippen LogP contribution in [0.5, 0.6) is 0 Å². The molecule has 0 aromatic carbocycles. The second kappa shape index (κ2) is 3.55. The summed E-state index contributed by atoms with van der Waals surface area (Å²) in [6.45, 7) is 2.53. The van der Waals surface area contributed by atoms with Gasteiger partial charge in [-0.1, -0.05) is 0 Å². The van der Waals surface area contributed by atoms with Crippen LogP contribution in [0.25, 0.3) is 0 Å². The fourth-order valence-corrected chi connectivity index (χ4v) is 1.34. The summed E-state index contributed by atoms with van der Waals surface area (Å²) in [6.07, 6.45) is -0.0299. The number of carbonyl (C=O) groups is 3. The van der Waals surface area contributed by atoms with Crippen LogP contribution in [0.3, 0.4) is 0 Å². The molecule has 5 heteroatoms. The zero-order chi connectivity index (χ0) is 10.0. The molecule has 0 bridgehead atoms. The molecule has 1 heterocycles. The van der Waals surface area contributed by atoms with Crippen LogP contribution in [-0.4, -0.2) is 28.9 Å². The first-order valence-corrected chi connectivity index (χ1v) is 4.02. The lowest BCUT2D eigenvalue weighted by Crippen LogP contribution is -2.39. The van der Waals surface area contributed by atoms with Crippen LogP contribution in [0, 0.1) is 0 Å². The van der Waals surface area contributed by atoms with Crippen LogP contribution >= 0.6 is 0 Å². The summed E-state index contributed by atoms with van der Waals surface area (Å²) >= 11 is 0. The van der Waals surface area contributed by atoms with Gasteiger partial charge >= 0.3 is 5.97 Å². The van der Waals surface area contributed by atoms with Gasteiger partial charge in [-0.2, -0.15) is 0 Å². The summed E-state index contributed by atoms with van der Waals surface area (Å²) in [5.74, 6) is -1.14. The molecule has 0 aromatic rings. The highest BCUT2D eigenvalue weighted by atomic mass is 16.6. The largest absolute Gasteiger partial charge is 0.441 e. The minimum atomic E-state index is -0.692. The van der Waals surface area contributed by atoms with Gasteiger partial charge in [-0.05, 0) is 0 Å². The first-order valence-electron chi connectivity index (χ1n) is 4.02. The maximum atomic E-state index is 11.1. The monoisotopic (exact) mass is 185 g/mol. The van der Waals surface area contributed by atoms with Crippen LogP contribution in [0.4, 0.5) is 0 Å². The van der Waals surface area contributed by atoms with Crippen molar-refractivity contribution in [3.8, 4) is 0 Å². The summed E-state index contributed by atoms with van der Waals surface area (Å²) in [5.41, 5.74) is 0. The van der Waals surface area contributed by atoms with Gasteiger partial charge in [0, 0.05) is 26.7 Å². The molecule has 1 fully saturated rings. The molecule has 1 atom stereocenters. The third kappa shape index (κ3) is 2.05. The van der Waals surface area contributed by atoms with Gasteiger partial charge in [0.25, 0.3) is 0 Å². The van der Waals surface area contributed by atoms with Crippen molar-refractivity contribution in [1.29, 1.82) is 0 Å². The number of hydrogen-bond acceptors (Lipinski definition) is 4. The Labute approximate surface area is 75.6 Å². The topological polar surface area (TPSA) is 63.7 Å². The molecule has 1 saturated heterocycles. The molecule has 13 heavy (non-hydrogen) atoms. The lowest BCUT2D eigenvalue weighted by molar-refractivity contribution is -0.162. The number of esters is 1. The third-order valence-corrected chi connectivity index (χ3v) is 1.80. The van der Waals surface area contributed by atoms with Gasteiger partial charge in [-0.25, -0.2) is 4.90 Å². The van der Waals surface area contributed by atoms with Crippen LogP contribution in [0.15, 0.2) is 0 Å². The Morgan fingerprint density at radius 3 is 2.54 bits per heavy atom. The Balaban J connectivity index is 2.69. The van der Waals surface area contributed by atoms with E-state index in [4.69, 9.17) is 4.74 Å². The first kappa shape index (κ1) is 9.70. The normalized spacial score (nSPS) is 21.8. The Bertz CT molecular complexity index is 261. The van der Waals surface area contributed by atoms with E-state index in [1.54, 1.807) is 0 Å². The van der Waals surface area contributed by atoms with Gasteiger partial charge in [0.05, 0.1) is 0 Å². The molecular weight excluding hydrogens is 174 g/mol. The predicted octanol–water partition coefficient (Wildman–Crippen LogP) is 0.0445. The number of ether oxygens (including phenoxy) is 1. The number of imide groups is 1. The maximum absolute atomic E-state index is 11.1. The molecule has 5 nitrogen and oxygen atoms in total. The smallest absolute Gasteiger partial charge is 0.304 e. The van der Waals surface area contributed by atoms with Gasteiger partial charge < -0.3 is 4.74 Å². The Kier molecular flexibility index (Phi) is 2.65. The van der Waals surface area contributed by atoms with Crippen molar-refractivity contribution in [3.63, 3.8) is 0 Å². The van der Waals surface area contributed by atoms with Crippen molar-refractivity contribution >= 4 is 17.8 Å². The summed E-state index contributed by atoms with van der Waals surface area (Å²) in [7, 11) is 0. The van der Waals surface area contributed by atoms with E-state index in [1.807, 2.05) is 0 Å². The van der Waals surface area contributed by atoms with E-state index >= 15 is 0 Å². The number of hydrogen-bond donors (Lipinski definition) is 0. The molecule has 0 aromatic heterocycles. The first-order chi connectivity index (χ1) is 6.02. The summed E-state index contributed by atoms with van der Waals surface area (Å²) in [6, 6.07) is 0. The summed E-state index contributed by atoms with van der Waals surface area (Å²) < 4.78 is 4.80. The van der Waals surface area contributed by atoms with E-state index in [0.717, 1.165) is 4.90 Å². The number of carbonyl (C=O) groups excluding carboxylic acids is 3. The minimum Gasteiger partial charge on any atom is -0.441 e. The van der Waals surface area contributed by atoms with E-state index < -0.39 is 12.2 Å². The van der Waals surface area contributed by atoms with Crippen molar-refractivity contribution in [2.75, 3.05) is 0 Å². The number of amides is 2. The quantitative estimate of drug-likeness (QED) is 0.541. The van der Waals surface area contributed by atoms with Crippen molar-refractivity contribution in [2.45, 2.75) is 32.9 Å². The van der Waals surface area contributed by atoms with E-state index in [0.29, 0.717) is 6.42 Å². The molecule has 0 aliphatic carbocycles. The average Bonchev–Trinajstić information content (AvgIpc) is 2.30. The van der Waals surface area contributed by atoms with E-state index in [2.05, 4.69) is 0 Å². The van der Waals surface area contributed by atoms with Gasteiger partial charge in [-0.15, -0.1) is 0 Å².